The lowest BCUT2D eigenvalue weighted by atomic mass is 10.3. The van der Waals surface area contributed by atoms with Crippen molar-refractivity contribution in [1.29, 1.82) is 0 Å². The number of methoxy groups -OCH3 is 1. The number of ether oxygens (including phenoxy) is 1. The van der Waals surface area contributed by atoms with Gasteiger partial charge in [0, 0.05) is 25.9 Å². The number of nitrogens with zero attached hydrogens (tertiary/aromatic N) is 1. The fourth-order valence-electron chi connectivity index (χ4n) is 1.36. The number of para-hydroxylation sites is 1. The Morgan fingerprint density at radius 1 is 1.35 bits per heavy atom. The number of hydrogen-bond donors (Lipinski definition) is 2. The molecular formula is C12H18N2O3. The molecule has 5 heteroatoms. The highest BCUT2D eigenvalue weighted by molar-refractivity contribution is 5.89. The van der Waals surface area contributed by atoms with Crippen LogP contribution < -0.4 is 5.32 Å². The topological polar surface area (TPSA) is 61.8 Å². The van der Waals surface area contributed by atoms with Crippen molar-refractivity contribution in [3.05, 3.63) is 30.3 Å². The number of rotatable bonds is 6. The lowest BCUT2D eigenvalue weighted by Gasteiger charge is -2.21. The maximum Gasteiger partial charge on any atom is 0.321 e. The average Bonchev–Trinajstić information content (AvgIpc) is 2.35. The molecule has 1 rings (SSSR count). The van der Waals surface area contributed by atoms with Gasteiger partial charge in [0.2, 0.25) is 0 Å². The molecule has 0 fully saturated rings. The van der Waals surface area contributed by atoms with Gasteiger partial charge in [-0.15, -0.1) is 0 Å². The lowest BCUT2D eigenvalue weighted by Crippen LogP contribution is -2.39. The van der Waals surface area contributed by atoms with Crippen LogP contribution in [-0.4, -0.2) is 49.5 Å². The van der Waals surface area contributed by atoms with E-state index >= 15 is 0 Å². The zero-order chi connectivity index (χ0) is 12.5. The molecule has 0 bridgehead atoms. The first-order chi connectivity index (χ1) is 8.27. The van der Waals surface area contributed by atoms with Crippen LogP contribution in [-0.2, 0) is 4.74 Å². The lowest BCUT2D eigenvalue weighted by molar-refractivity contribution is 0.142. The molecular weight excluding hydrogens is 220 g/mol. The van der Waals surface area contributed by atoms with Gasteiger partial charge in [0.05, 0.1) is 13.2 Å². The number of urea groups is 1. The van der Waals surface area contributed by atoms with E-state index in [9.17, 15) is 4.79 Å². The highest BCUT2D eigenvalue weighted by Gasteiger charge is 2.12. The standard InChI is InChI=1S/C12H18N2O3/c1-17-10-8-14(7-9-15)12(16)13-11-5-3-2-4-6-11/h2-6,15H,7-10H2,1H3,(H,13,16). The van der Waals surface area contributed by atoms with Crippen molar-refractivity contribution in [2.75, 3.05) is 38.7 Å². The second-order valence-corrected chi connectivity index (χ2v) is 3.50. The summed E-state index contributed by atoms with van der Waals surface area (Å²) in [4.78, 5) is 13.4. The molecule has 1 aromatic carbocycles. The van der Waals surface area contributed by atoms with Gasteiger partial charge in [0.15, 0.2) is 0 Å². The van der Waals surface area contributed by atoms with Crippen molar-refractivity contribution in [2.45, 2.75) is 0 Å². The van der Waals surface area contributed by atoms with E-state index in [4.69, 9.17) is 9.84 Å². The number of hydrogen-bond acceptors (Lipinski definition) is 3. The molecule has 5 nitrogen and oxygen atoms in total. The minimum Gasteiger partial charge on any atom is -0.395 e. The third kappa shape index (κ3) is 4.84. The van der Waals surface area contributed by atoms with E-state index in [0.717, 1.165) is 5.69 Å². The Bertz CT molecular complexity index is 330. The largest absolute Gasteiger partial charge is 0.395 e. The molecule has 0 heterocycles. The molecule has 0 saturated heterocycles. The van der Waals surface area contributed by atoms with Gasteiger partial charge in [0.1, 0.15) is 0 Å². The van der Waals surface area contributed by atoms with E-state index in [2.05, 4.69) is 5.32 Å². The van der Waals surface area contributed by atoms with Crippen LogP contribution in [0.25, 0.3) is 0 Å². The fraction of sp³-hybridized carbons (Fsp3) is 0.417. The van der Waals surface area contributed by atoms with Gasteiger partial charge in [-0.25, -0.2) is 4.79 Å². The summed E-state index contributed by atoms with van der Waals surface area (Å²) in [7, 11) is 1.58. The molecule has 1 aromatic rings. The van der Waals surface area contributed by atoms with Crippen LogP contribution in [0.5, 0.6) is 0 Å². The fourth-order valence-corrected chi connectivity index (χ4v) is 1.36. The number of aliphatic hydroxyl groups excluding tert-OH is 1. The Labute approximate surface area is 101 Å². The summed E-state index contributed by atoms with van der Waals surface area (Å²) in [5.74, 6) is 0. The molecule has 2 amide bonds. The van der Waals surface area contributed by atoms with Gasteiger partial charge in [-0.1, -0.05) is 18.2 Å². The first-order valence-electron chi connectivity index (χ1n) is 5.48. The van der Waals surface area contributed by atoms with E-state index in [0.29, 0.717) is 19.7 Å². The van der Waals surface area contributed by atoms with Crippen LogP contribution in [0, 0.1) is 0 Å². The molecule has 17 heavy (non-hydrogen) atoms. The normalized spacial score (nSPS) is 10.0. The minimum absolute atomic E-state index is 0.0636. The molecule has 0 aliphatic carbocycles. The molecule has 0 aliphatic rings. The summed E-state index contributed by atoms with van der Waals surface area (Å²) in [6, 6.07) is 8.97. The zero-order valence-corrected chi connectivity index (χ0v) is 9.93. The molecule has 94 valence electrons. The summed E-state index contributed by atoms with van der Waals surface area (Å²) < 4.78 is 4.92. The van der Waals surface area contributed by atoms with Crippen molar-refractivity contribution in [3.8, 4) is 0 Å². The van der Waals surface area contributed by atoms with Gasteiger partial charge >= 0.3 is 6.03 Å². The second kappa shape index (κ2) is 7.65. The van der Waals surface area contributed by atoms with Gasteiger partial charge in [0.25, 0.3) is 0 Å². The highest BCUT2D eigenvalue weighted by Crippen LogP contribution is 2.06. The Morgan fingerprint density at radius 3 is 2.65 bits per heavy atom. The van der Waals surface area contributed by atoms with E-state index in [1.54, 1.807) is 7.11 Å². The van der Waals surface area contributed by atoms with Gasteiger partial charge in [-0.3, -0.25) is 0 Å². The Kier molecular flexibility index (Phi) is 6.06. The summed E-state index contributed by atoms with van der Waals surface area (Å²) in [6.45, 7) is 1.13. The van der Waals surface area contributed by atoms with Crippen LogP contribution >= 0.6 is 0 Å². The predicted molar refractivity (Wildman–Crippen MR) is 66.0 cm³/mol. The van der Waals surface area contributed by atoms with Crippen LogP contribution in [0.15, 0.2) is 30.3 Å². The van der Waals surface area contributed by atoms with Crippen molar-refractivity contribution < 1.29 is 14.6 Å². The van der Waals surface area contributed by atoms with Crippen molar-refractivity contribution in [1.82, 2.24) is 4.90 Å². The number of carbonyl (C=O) groups excluding carboxylic acids is 1. The molecule has 0 aliphatic heterocycles. The zero-order valence-electron chi connectivity index (χ0n) is 9.93. The number of carbonyl (C=O) groups is 1. The molecule has 0 radical (unpaired) electrons. The molecule has 0 spiro atoms. The monoisotopic (exact) mass is 238 g/mol. The van der Waals surface area contributed by atoms with Gasteiger partial charge in [-0.2, -0.15) is 0 Å². The van der Waals surface area contributed by atoms with Gasteiger partial charge in [-0.05, 0) is 12.1 Å². The first-order valence-corrected chi connectivity index (χ1v) is 5.48. The maximum absolute atomic E-state index is 11.9. The third-order valence-electron chi connectivity index (χ3n) is 2.25. The summed E-state index contributed by atoms with van der Waals surface area (Å²) in [5, 5.41) is 11.6. The molecule has 0 saturated carbocycles. The van der Waals surface area contributed by atoms with Crippen LogP contribution in [0.1, 0.15) is 0 Å². The summed E-state index contributed by atoms with van der Waals surface area (Å²) in [5.41, 5.74) is 0.734. The van der Waals surface area contributed by atoms with Crippen LogP contribution in [0.3, 0.4) is 0 Å². The van der Waals surface area contributed by atoms with Gasteiger partial charge < -0.3 is 20.1 Å². The SMILES string of the molecule is COCCN(CCO)C(=O)Nc1ccccc1. The van der Waals surface area contributed by atoms with Crippen molar-refractivity contribution >= 4 is 11.7 Å². The number of amides is 2. The Morgan fingerprint density at radius 2 is 2.06 bits per heavy atom. The smallest absolute Gasteiger partial charge is 0.321 e. The second-order valence-electron chi connectivity index (χ2n) is 3.50. The third-order valence-corrected chi connectivity index (χ3v) is 2.25. The number of nitrogens with one attached hydrogen (secondary N) is 1. The quantitative estimate of drug-likeness (QED) is 0.781. The summed E-state index contributed by atoms with van der Waals surface area (Å²) >= 11 is 0. The number of aliphatic hydroxyl groups is 1. The van der Waals surface area contributed by atoms with Crippen LogP contribution in [0.4, 0.5) is 10.5 Å². The molecule has 0 unspecified atom stereocenters. The molecule has 0 aromatic heterocycles. The van der Waals surface area contributed by atoms with E-state index < -0.39 is 0 Å². The Hall–Kier alpha value is -1.59. The Balaban J connectivity index is 2.52. The highest BCUT2D eigenvalue weighted by atomic mass is 16.5. The van der Waals surface area contributed by atoms with Crippen molar-refractivity contribution in [3.63, 3.8) is 0 Å². The molecule has 2 N–H and O–H groups in total. The average molecular weight is 238 g/mol. The first kappa shape index (κ1) is 13.5. The van der Waals surface area contributed by atoms with Crippen molar-refractivity contribution in [2.24, 2.45) is 0 Å². The van der Waals surface area contributed by atoms with E-state index in [-0.39, 0.29) is 12.6 Å². The maximum atomic E-state index is 11.9. The molecule has 0 atom stereocenters. The van der Waals surface area contributed by atoms with Crippen LogP contribution in [0.2, 0.25) is 0 Å². The number of anilines is 1. The van der Waals surface area contributed by atoms with E-state index in [1.165, 1.54) is 4.90 Å². The predicted octanol–water partition coefficient (Wildman–Crippen LogP) is 1.16. The minimum atomic E-state index is -0.234. The van der Waals surface area contributed by atoms with E-state index in [1.807, 2.05) is 30.3 Å². The summed E-state index contributed by atoms with van der Waals surface area (Å²) in [6.07, 6.45) is 0. The number of benzene rings is 1.